The highest BCUT2D eigenvalue weighted by atomic mass is 16.5. The summed E-state index contributed by atoms with van der Waals surface area (Å²) in [4.78, 5) is 10.8. The van der Waals surface area contributed by atoms with Crippen LogP contribution in [0, 0.1) is 0 Å². The molecule has 2 aromatic carbocycles. The van der Waals surface area contributed by atoms with E-state index in [1.54, 1.807) is 24.3 Å². The maximum atomic E-state index is 10.8. The summed E-state index contributed by atoms with van der Waals surface area (Å²) in [5.74, 6) is -0.157. The highest BCUT2D eigenvalue weighted by Crippen LogP contribution is 2.26. The molecular weight excluding hydrogens is 266 g/mol. The van der Waals surface area contributed by atoms with Crippen LogP contribution in [-0.2, 0) is 6.61 Å². The van der Waals surface area contributed by atoms with Crippen LogP contribution in [0.3, 0.4) is 0 Å². The van der Waals surface area contributed by atoms with Crippen LogP contribution in [0.5, 0.6) is 5.75 Å². The molecule has 4 heteroatoms. The second-order valence-corrected chi connectivity index (χ2v) is 4.84. The zero-order valence-electron chi connectivity index (χ0n) is 12.0. The van der Waals surface area contributed by atoms with E-state index in [2.05, 4.69) is 0 Å². The topological polar surface area (TPSA) is 72.5 Å². The van der Waals surface area contributed by atoms with Gasteiger partial charge in [0.2, 0.25) is 0 Å². The zero-order valence-corrected chi connectivity index (χ0v) is 12.0. The largest absolute Gasteiger partial charge is 0.489 e. The number of carboxylic acids is 1. The summed E-state index contributed by atoms with van der Waals surface area (Å²) in [6.07, 6.45) is 0.841. The third-order valence-corrected chi connectivity index (χ3v) is 3.35. The minimum atomic E-state index is -0.929. The highest BCUT2D eigenvalue weighted by Gasteiger charge is 2.10. The number of nitrogens with two attached hydrogens (primary N) is 1. The number of carboxylic acid groups (broad SMARTS) is 1. The molecule has 0 saturated heterocycles. The van der Waals surface area contributed by atoms with Gasteiger partial charge >= 0.3 is 5.97 Å². The maximum absolute atomic E-state index is 10.8. The number of aromatic carboxylic acids is 1. The smallest absolute Gasteiger partial charge is 0.335 e. The van der Waals surface area contributed by atoms with Crippen LogP contribution in [0.15, 0.2) is 48.5 Å². The number of hydrogen-bond acceptors (Lipinski definition) is 3. The van der Waals surface area contributed by atoms with E-state index in [1.807, 2.05) is 31.2 Å². The van der Waals surface area contributed by atoms with E-state index in [4.69, 9.17) is 15.6 Å². The molecule has 0 amide bonds. The number of ether oxygens (including phenoxy) is 1. The number of para-hydroxylation sites is 1. The molecule has 0 bridgehead atoms. The molecule has 0 aliphatic heterocycles. The zero-order chi connectivity index (χ0) is 15.2. The van der Waals surface area contributed by atoms with Crippen molar-refractivity contribution < 1.29 is 14.6 Å². The first kappa shape index (κ1) is 15.1. The summed E-state index contributed by atoms with van der Waals surface area (Å²) in [5, 5.41) is 8.86. The molecule has 4 nitrogen and oxygen atoms in total. The minimum absolute atomic E-state index is 0.0458. The van der Waals surface area contributed by atoms with Gasteiger partial charge in [0.15, 0.2) is 0 Å². The molecule has 0 heterocycles. The third kappa shape index (κ3) is 3.83. The van der Waals surface area contributed by atoms with Gasteiger partial charge in [-0.25, -0.2) is 4.79 Å². The summed E-state index contributed by atoms with van der Waals surface area (Å²) < 4.78 is 5.82. The number of rotatable bonds is 6. The van der Waals surface area contributed by atoms with E-state index in [1.165, 1.54) is 0 Å². The standard InChI is InChI=1S/C17H19NO3/c1-2-15(18)14-5-3-4-6-16(14)21-11-12-7-9-13(10-8-12)17(19)20/h3-10,15H,2,11,18H2,1H3,(H,19,20)/t15-/m1/s1. The number of hydrogen-bond donors (Lipinski definition) is 2. The molecule has 0 fully saturated rings. The van der Waals surface area contributed by atoms with Crippen LogP contribution in [0.2, 0.25) is 0 Å². The van der Waals surface area contributed by atoms with Crippen molar-refractivity contribution in [1.29, 1.82) is 0 Å². The summed E-state index contributed by atoms with van der Waals surface area (Å²) in [5.41, 5.74) is 8.25. The molecule has 0 aliphatic carbocycles. The molecule has 0 unspecified atom stereocenters. The Morgan fingerprint density at radius 1 is 1.19 bits per heavy atom. The van der Waals surface area contributed by atoms with Crippen LogP contribution in [0.4, 0.5) is 0 Å². The van der Waals surface area contributed by atoms with E-state index in [-0.39, 0.29) is 11.6 Å². The summed E-state index contributed by atoms with van der Waals surface area (Å²) in [6.45, 7) is 2.42. The van der Waals surface area contributed by atoms with Gasteiger partial charge in [0.1, 0.15) is 12.4 Å². The second-order valence-electron chi connectivity index (χ2n) is 4.84. The lowest BCUT2D eigenvalue weighted by Crippen LogP contribution is -2.10. The molecule has 2 aromatic rings. The quantitative estimate of drug-likeness (QED) is 0.853. The first-order chi connectivity index (χ1) is 10.1. The molecule has 0 radical (unpaired) electrons. The molecule has 0 aliphatic rings. The van der Waals surface area contributed by atoms with Crippen LogP contribution >= 0.6 is 0 Å². The normalized spacial score (nSPS) is 11.9. The van der Waals surface area contributed by atoms with Crippen molar-refractivity contribution in [3.63, 3.8) is 0 Å². The molecular formula is C17H19NO3. The van der Waals surface area contributed by atoms with Gasteiger partial charge in [-0.15, -0.1) is 0 Å². The van der Waals surface area contributed by atoms with Crippen LogP contribution in [0.25, 0.3) is 0 Å². The fourth-order valence-electron chi connectivity index (χ4n) is 2.04. The predicted octanol–water partition coefficient (Wildman–Crippen LogP) is 3.37. The molecule has 1 atom stereocenters. The van der Waals surface area contributed by atoms with Gasteiger partial charge in [-0.05, 0) is 30.2 Å². The highest BCUT2D eigenvalue weighted by molar-refractivity contribution is 5.87. The van der Waals surface area contributed by atoms with Crippen LogP contribution in [-0.4, -0.2) is 11.1 Å². The van der Waals surface area contributed by atoms with Gasteiger partial charge < -0.3 is 15.6 Å². The lowest BCUT2D eigenvalue weighted by molar-refractivity contribution is 0.0697. The van der Waals surface area contributed by atoms with Crippen molar-refractivity contribution in [3.05, 3.63) is 65.2 Å². The Hall–Kier alpha value is -2.33. The van der Waals surface area contributed by atoms with Crippen molar-refractivity contribution in [3.8, 4) is 5.75 Å². The van der Waals surface area contributed by atoms with Gasteiger partial charge in [-0.3, -0.25) is 0 Å². The Kier molecular flexibility index (Phi) is 4.95. The van der Waals surface area contributed by atoms with Crippen molar-refractivity contribution >= 4 is 5.97 Å². The van der Waals surface area contributed by atoms with Crippen molar-refractivity contribution in [2.75, 3.05) is 0 Å². The molecule has 2 rings (SSSR count). The average molecular weight is 285 g/mol. The molecule has 110 valence electrons. The Labute approximate surface area is 124 Å². The van der Waals surface area contributed by atoms with Crippen molar-refractivity contribution in [2.24, 2.45) is 5.73 Å². The molecule has 0 aromatic heterocycles. The SMILES string of the molecule is CC[C@@H](N)c1ccccc1OCc1ccc(C(=O)O)cc1. The number of carbonyl (C=O) groups is 1. The van der Waals surface area contributed by atoms with Gasteiger partial charge in [0, 0.05) is 11.6 Å². The first-order valence-corrected chi connectivity index (χ1v) is 6.91. The lowest BCUT2D eigenvalue weighted by atomic mass is 10.0. The van der Waals surface area contributed by atoms with E-state index >= 15 is 0 Å². The summed E-state index contributed by atoms with van der Waals surface area (Å²) >= 11 is 0. The van der Waals surface area contributed by atoms with E-state index in [0.717, 1.165) is 23.3 Å². The van der Waals surface area contributed by atoms with E-state index < -0.39 is 5.97 Å². The molecule has 21 heavy (non-hydrogen) atoms. The van der Waals surface area contributed by atoms with Gasteiger partial charge in [0.05, 0.1) is 5.56 Å². The predicted molar refractivity (Wildman–Crippen MR) is 81.4 cm³/mol. The Bertz CT molecular complexity index is 608. The Morgan fingerprint density at radius 2 is 1.86 bits per heavy atom. The van der Waals surface area contributed by atoms with Gasteiger partial charge in [0.25, 0.3) is 0 Å². The molecule has 3 N–H and O–H groups in total. The van der Waals surface area contributed by atoms with Crippen LogP contribution in [0.1, 0.15) is 40.9 Å². The first-order valence-electron chi connectivity index (χ1n) is 6.91. The Balaban J connectivity index is 2.08. The number of benzene rings is 2. The minimum Gasteiger partial charge on any atom is -0.489 e. The maximum Gasteiger partial charge on any atom is 0.335 e. The van der Waals surface area contributed by atoms with Crippen molar-refractivity contribution in [2.45, 2.75) is 26.0 Å². The summed E-state index contributed by atoms with van der Waals surface area (Å²) in [6, 6.07) is 14.3. The van der Waals surface area contributed by atoms with E-state index in [0.29, 0.717) is 6.61 Å². The fraction of sp³-hybridized carbons (Fsp3) is 0.235. The fourth-order valence-corrected chi connectivity index (χ4v) is 2.04. The van der Waals surface area contributed by atoms with E-state index in [9.17, 15) is 4.79 Å². The monoisotopic (exact) mass is 285 g/mol. The molecule has 0 saturated carbocycles. The van der Waals surface area contributed by atoms with Gasteiger partial charge in [-0.1, -0.05) is 37.3 Å². The average Bonchev–Trinajstić information content (AvgIpc) is 2.52. The lowest BCUT2D eigenvalue weighted by Gasteiger charge is -2.15. The van der Waals surface area contributed by atoms with Crippen molar-refractivity contribution in [1.82, 2.24) is 0 Å². The Morgan fingerprint density at radius 3 is 2.48 bits per heavy atom. The van der Waals surface area contributed by atoms with Gasteiger partial charge in [-0.2, -0.15) is 0 Å². The summed E-state index contributed by atoms with van der Waals surface area (Å²) in [7, 11) is 0. The third-order valence-electron chi connectivity index (χ3n) is 3.35. The second kappa shape index (κ2) is 6.90. The molecule has 0 spiro atoms. The van der Waals surface area contributed by atoms with Crippen LogP contribution < -0.4 is 10.5 Å².